The molecule has 2 aromatic rings. The van der Waals surface area contributed by atoms with Crippen LogP contribution in [0.4, 0.5) is 10.1 Å². The fourth-order valence-corrected chi connectivity index (χ4v) is 5.51. The fraction of sp³-hybridized carbons (Fsp3) is 0.278. The number of anilines is 1. The molecule has 1 fully saturated rings. The van der Waals surface area contributed by atoms with Gasteiger partial charge < -0.3 is 10.1 Å². The minimum atomic E-state index is -3.80. The number of carbonyl (C=O) groups excluding carboxylic acids is 1. The van der Waals surface area contributed by atoms with E-state index in [1.54, 1.807) is 0 Å². The maximum Gasteiger partial charge on any atom is 0.244 e. The van der Waals surface area contributed by atoms with Crippen LogP contribution in [-0.2, 0) is 19.6 Å². The van der Waals surface area contributed by atoms with Crippen LogP contribution in [0.2, 0.25) is 10.0 Å². The number of thioether (sulfide) groups is 1. The van der Waals surface area contributed by atoms with Crippen molar-refractivity contribution >= 4 is 56.6 Å². The number of nitrogens with one attached hydrogen (secondary N) is 1. The van der Waals surface area contributed by atoms with Crippen LogP contribution in [-0.4, -0.2) is 50.7 Å². The van der Waals surface area contributed by atoms with E-state index in [0.29, 0.717) is 23.8 Å². The molecule has 1 amide bonds. The number of halogens is 3. The second-order valence-corrected chi connectivity index (χ2v) is 9.84. The van der Waals surface area contributed by atoms with E-state index >= 15 is 0 Å². The summed E-state index contributed by atoms with van der Waals surface area (Å²) in [5.41, 5.74) is 0.309. The molecular formula is C18H17Cl2FN2O4S2. The lowest BCUT2D eigenvalue weighted by Crippen LogP contribution is -2.40. The Morgan fingerprint density at radius 3 is 2.55 bits per heavy atom. The lowest BCUT2D eigenvalue weighted by Gasteiger charge is -2.26. The molecule has 2 aromatic carbocycles. The minimum absolute atomic E-state index is 0.0222. The molecule has 3 rings (SSSR count). The molecule has 11 heteroatoms. The van der Waals surface area contributed by atoms with Crippen molar-refractivity contribution in [3.8, 4) is 0 Å². The van der Waals surface area contributed by atoms with Crippen LogP contribution in [0.5, 0.6) is 0 Å². The predicted molar refractivity (Wildman–Crippen MR) is 112 cm³/mol. The first-order valence-electron chi connectivity index (χ1n) is 8.52. The molecule has 0 spiro atoms. The quantitative estimate of drug-likeness (QED) is 0.637. The Hall–Kier alpha value is -1.36. The third-order valence-corrected chi connectivity index (χ3v) is 7.73. The molecule has 0 atom stereocenters. The molecule has 0 aromatic heterocycles. The van der Waals surface area contributed by atoms with Gasteiger partial charge in [-0.3, -0.25) is 4.79 Å². The molecule has 1 N–H and O–H groups in total. The summed E-state index contributed by atoms with van der Waals surface area (Å²) in [7, 11) is -3.80. The van der Waals surface area contributed by atoms with Gasteiger partial charge >= 0.3 is 0 Å². The number of sulfonamides is 1. The molecule has 29 heavy (non-hydrogen) atoms. The molecule has 0 radical (unpaired) electrons. The highest BCUT2D eigenvalue weighted by Crippen LogP contribution is 2.29. The zero-order valence-electron chi connectivity index (χ0n) is 15.0. The van der Waals surface area contributed by atoms with Crippen molar-refractivity contribution in [2.45, 2.75) is 9.79 Å². The van der Waals surface area contributed by atoms with Gasteiger partial charge in [-0.1, -0.05) is 23.2 Å². The Labute approximate surface area is 182 Å². The first-order chi connectivity index (χ1) is 13.8. The van der Waals surface area contributed by atoms with Crippen molar-refractivity contribution in [3.05, 3.63) is 52.3 Å². The van der Waals surface area contributed by atoms with Gasteiger partial charge in [0.25, 0.3) is 0 Å². The highest BCUT2D eigenvalue weighted by atomic mass is 35.5. The molecule has 0 bridgehead atoms. The summed E-state index contributed by atoms with van der Waals surface area (Å²) in [6.45, 7) is 1.12. The van der Waals surface area contributed by atoms with Crippen LogP contribution < -0.4 is 5.32 Å². The third kappa shape index (κ3) is 5.62. The first-order valence-corrected chi connectivity index (χ1v) is 11.7. The van der Waals surface area contributed by atoms with Gasteiger partial charge in [0.15, 0.2) is 0 Å². The number of hydrogen-bond acceptors (Lipinski definition) is 5. The smallest absolute Gasteiger partial charge is 0.244 e. The summed E-state index contributed by atoms with van der Waals surface area (Å²) < 4.78 is 45.4. The SMILES string of the molecule is O=C(CSc1ccc(F)c(Cl)c1)Nc1ccc(Cl)c(S(=O)(=O)N2CCOCC2)c1. The van der Waals surface area contributed by atoms with Crippen molar-refractivity contribution < 1.29 is 22.3 Å². The van der Waals surface area contributed by atoms with E-state index in [9.17, 15) is 17.6 Å². The number of morpholine rings is 1. The first kappa shape index (κ1) is 22.3. The van der Waals surface area contributed by atoms with Gasteiger partial charge in [0.05, 0.1) is 29.0 Å². The summed E-state index contributed by atoms with van der Waals surface area (Å²) in [5, 5.41) is 2.70. The molecule has 1 aliphatic heterocycles. The molecule has 0 unspecified atom stereocenters. The Morgan fingerprint density at radius 1 is 1.14 bits per heavy atom. The summed E-state index contributed by atoms with van der Waals surface area (Å²) >= 11 is 13.0. The van der Waals surface area contributed by atoms with Gasteiger partial charge in [-0.25, -0.2) is 12.8 Å². The van der Waals surface area contributed by atoms with E-state index < -0.39 is 15.8 Å². The number of ether oxygens (including phenoxy) is 1. The molecule has 0 saturated carbocycles. The van der Waals surface area contributed by atoms with E-state index in [1.807, 2.05) is 0 Å². The predicted octanol–water partition coefficient (Wildman–Crippen LogP) is 3.88. The molecule has 156 valence electrons. The van der Waals surface area contributed by atoms with Gasteiger partial charge in [-0.2, -0.15) is 4.31 Å². The second-order valence-electron chi connectivity index (χ2n) is 6.07. The van der Waals surface area contributed by atoms with Crippen LogP contribution in [0.15, 0.2) is 46.2 Å². The van der Waals surface area contributed by atoms with E-state index in [1.165, 1.54) is 52.5 Å². The number of hydrogen-bond donors (Lipinski definition) is 1. The lowest BCUT2D eigenvalue weighted by molar-refractivity contribution is -0.113. The molecular weight excluding hydrogens is 462 g/mol. The highest BCUT2D eigenvalue weighted by molar-refractivity contribution is 8.00. The molecule has 1 saturated heterocycles. The van der Waals surface area contributed by atoms with Crippen molar-refractivity contribution in [3.63, 3.8) is 0 Å². The number of rotatable bonds is 6. The number of carbonyl (C=O) groups is 1. The zero-order chi connectivity index (χ0) is 21.0. The van der Waals surface area contributed by atoms with Crippen molar-refractivity contribution in [2.24, 2.45) is 0 Å². The molecule has 1 aliphatic rings. The zero-order valence-corrected chi connectivity index (χ0v) is 18.2. The highest BCUT2D eigenvalue weighted by Gasteiger charge is 2.28. The van der Waals surface area contributed by atoms with Crippen LogP contribution in [0.1, 0.15) is 0 Å². The number of nitrogens with zero attached hydrogens (tertiary/aromatic N) is 1. The topological polar surface area (TPSA) is 75.7 Å². The number of benzene rings is 2. The maximum absolute atomic E-state index is 13.2. The summed E-state index contributed by atoms with van der Waals surface area (Å²) in [6, 6.07) is 8.48. The summed E-state index contributed by atoms with van der Waals surface area (Å²) in [4.78, 5) is 12.8. The number of amides is 1. The van der Waals surface area contributed by atoms with Gasteiger partial charge in [0, 0.05) is 23.7 Å². The van der Waals surface area contributed by atoms with Crippen molar-refractivity contribution in [1.29, 1.82) is 0 Å². The summed E-state index contributed by atoms with van der Waals surface area (Å²) in [6.07, 6.45) is 0. The van der Waals surface area contributed by atoms with Gasteiger partial charge in [-0.15, -0.1) is 11.8 Å². The van der Waals surface area contributed by atoms with Crippen molar-refractivity contribution in [1.82, 2.24) is 4.31 Å². The van der Waals surface area contributed by atoms with E-state index in [4.69, 9.17) is 27.9 Å². The van der Waals surface area contributed by atoms with E-state index in [0.717, 1.165) is 0 Å². The van der Waals surface area contributed by atoms with Gasteiger partial charge in [0.2, 0.25) is 15.9 Å². The van der Waals surface area contributed by atoms with Crippen LogP contribution in [0.25, 0.3) is 0 Å². The van der Waals surface area contributed by atoms with Gasteiger partial charge in [0.1, 0.15) is 10.7 Å². The van der Waals surface area contributed by atoms with Crippen LogP contribution in [0.3, 0.4) is 0 Å². The average Bonchev–Trinajstić information content (AvgIpc) is 2.71. The van der Waals surface area contributed by atoms with Crippen LogP contribution >= 0.6 is 35.0 Å². The summed E-state index contributed by atoms with van der Waals surface area (Å²) in [5.74, 6) is -0.848. The fourth-order valence-electron chi connectivity index (χ4n) is 2.62. The average molecular weight is 479 g/mol. The standard InChI is InChI=1S/C18H17Cl2FN2O4S2/c19-14-3-1-12(9-17(14)29(25,26)23-5-7-27-8-6-23)22-18(24)11-28-13-2-4-16(21)15(20)10-13/h1-4,9-10H,5-8,11H2,(H,22,24). The Bertz CT molecular complexity index is 1010. The molecule has 1 heterocycles. The lowest BCUT2D eigenvalue weighted by atomic mass is 10.3. The third-order valence-electron chi connectivity index (χ3n) is 4.06. The molecule has 0 aliphatic carbocycles. The molecule has 6 nitrogen and oxygen atoms in total. The van der Waals surface area contributed by atoms with Crippen molar-refractivity contribution in [2.75, 3.05) is 37.4 Å². The Kier molecular flexibility index (Phi) is 7.42. The second kappa shape index (κ2) is 9.63. The van der Waals surface area contributed by atoms with Gasteiger partial charge in [-0.05, 0) is 36.4 Å². The van der Waals surface area contributed by atoms with Crippen LogP contribution in [0, 0.1) is 5.82 Å². The maximum atomic E-state index is 13.2. The van der Waals surface area contributed by atoms with E-state index in [2.05, 4.69) is 5.32 Å². The normalized spacial score (nSPS) is 15.3. The monoisotopic (exact) mass is 478 g/mol. The Balaban J connectivity index is 1.68. The van der Waals surface area contributed by atoms with E-state index in [-0.39, 0.29) is 39.7 Å². The Morgan fingerprint density at radius 2 is 1.86 bits per heavy atom. The minimum Gasteiger partial charge on any atom is -0.379 e. The largest absolute Gasteiger partial charge is 0.379 e.